The molecule has 3 heteroatoms. The van der Waals surface area contributed by atoms with E-state index in [2.05, 4.69) is 24.2 Å². The third-order valence-corrected chi connectivity index (χ3v) is 4.20. The SMILES string of the molecule is CN1C2CCCC1(C)CC(NC=O)C2. The highest BCUT2D eigenvalue weighted by Crippen LogP contribution is 2.40. The molecule has 0 aromatic heterocycles. The first-order valence-corrected chi connectivity index (χ1v) is 5.58. The second-order valence-electron chi connectivity index (χ2n) is 5.08. The maximum absolute atomic E-state index is 10.5. The summed E-state index contributed by atoms with van der Waals surface area (Å²) in [6, 6.07) is 1.08. The van der Waals surface area contributed by atoms with Crippen LogP contribution in [-0.4, -0.2) is 36.0 Å². The lowest BCUT2D eigenvalue weighted by atomic mass is 9.74. The molecule has 14 heavy (non-hydrogen) atoms. The summed E-state index contributed by atoms with van der Waals surface area (Å²) in [5.41, 5.74) is 0.321. The number of carbonyl (C=O) groups is 1. The lowest BCUT2D eigenvalue weighted by Crippen LogP contribution is -2.61. The summed E-state index contributed by atoms with van der Waals surface area (Å²) in [7, 11) is 2.24. The van der Waals surface area contributed by atoms with Gasteiger partial charge in [0.25, 0.3) is 0 Å². The molecule has 2 heterocycles. The Morgan fingerprint density at radius 3 is 3.00 bits per heavy atom. The summed E-state index contributed by atoms with van der Waals surface area (Å²) in [6.07, 6.45) is 7.01. The monoisotopic (exact) mass is 196 g/mol. The van der Waals surface area contributed by atoms with Crippen LogP contribution < -0.4 is 5.32 Å². The Bertz CT molecular complexity index is 231. The molecule has 3 atom stereocenters. The van der Waals surface area contributed by atoms with E-state index in [1.165, 1.54) is 19.3 Å². The number of piperidine rings is 2. The summed E-state index contributed by atoms with van der Waals surface area (Å²) in [5.74, 6) is 0. The number of rotatable bonds is 2. The molecule has 0 aliphatic carbocycles. The minimum atomic E-state index is 0.321. The molecule has 2 aliphatic rings. The zero-order chi connectivity index (χ0) is 10.2. The van der Waals surface area contributed by atoms with Gasteiger partial charge in [-0.2, -0.15) is 0 Å². The predicted octanol–water partition coefficient (Wildman–Crippen LogP) is 1.14. The lowest BCUT2D eigenvalue weighted by molar-refractivity contribution is -0.111. The van der Waals surface area contributed by atoms with Crippen LogP contribution in [0.15, 0.2) is 0 Å². The van der Waals surface area contributed by atoms with Crippen LogP contribution in [0.5, 0.6) is 0 Å². The standard InChI is InChI=1S/C11H20N2O/c1-11-5-3-4-10(13(11)2)6-9(7-11)12-8-14/h8-10H,3-7H2,1-2H3,(H,12,14). The van der Waals surface area contributed by atoms with Gasteiger partial charge in [0.15, 0.2) is 0 Å². The molecule has 2 fully saturated rings. The molecule has 2 rings (SSSR count). The van der Waals surface area contributed by atoms with E-state index in [4.69, 9.17) is 0 Å². The Labute approximate surface area is 85.8 Å². The van der Waals surface area contributed by atoms with Gasteiger partial charge >= 0.3 is 0 Å². The molecule has 0 spiro atoms. The molecule has 0 aromatic carbocycles. The smallest absolute Gasteiger partial charge is 0.207 e. The number of fused-ring (bicyclic) bond motifs is 2. The molecule has 2 saturated heterocycles. The van der Waals surface area contributed by atoms with E-state index in [0.717, 1.165) is 19.3 Å². The van der Waals surface area contributed by atoms with Crippen LogP contribution in [0.2, 0.25) is 0 Å². The number of amides is 1. The minimum absolute atomic E-state index is 0.321. The molecule has 1 N–H and O–H groups in total. The van der Waals surface area contributed by atoms with Gasteiger partial charge in [0, 0.05) is 17.6 Å². The molecule has 0 saturated carbocycles. The Balaban J connectivity index is 2.10. The van der Waals surface area contributed by atoms with E-state index in [1.54, 1.807) is 0 Å². The van der Waals surface area contributed by atoms with Crippen LogP contribution in [0.4, 0.5) is 0 Å². The van der Waals surface area contributed by atoms with Gasteiger partial charge in [-0.3, -0.25) is 9.69 Å². The fourth-order valence-corrected chi connectivity index (χ4v) is 3.22. The van der Waals surface area contributed by atoms with Gasteiger partial charge in [0.1, 0.15) is 0 Å². The highest BCUT2D eigenvalue weighted by atomic mass is 16.1. The number of carbonyl (C=O) groups excluding carboxylic acids is 1. The van der Waals surface area contributed by atoms with Crippen molar-refractivity contribution in [3.05, 3.63) is 0 Å². The third-order valence-electron chi connectivity index (χ3n) is 4.20. The van der Waals surface area contributed by atoms with E-state index in [1.807, 2.05) is 0 Å². The van der Waals surface area contributed by atoms with Crippen molar-refractivity contribution in [2.75, 3.05) is 7.05 Å². The number of hydrogen-bond donors (Lipinski definition) is 1. The maximum Gasteiger partial charge on any atom is 0.207 e. The summed E-state index contributed by atoms with van der Waals surface area (Å²) >= 11 is 0. The number of nitrogens with one attached hydrogen (secondary N) is 1. The fraction of sp³-hybridized carbons (Fsp3) is 0.909. The predicted molar refractivity (Wildman–Crippen MR) is 56.0 cm³/mol. The first-order valence-electron chi connectivity index (χ1n) is 5.58. The fourth-order valence-electron chi connectivity index (χ4n) is 3.22. The highest BCUT2D eigenvalue weighted by molar-refractivity contribution is 5.46. The highest BCUT2D eigenvalue weighted by Gasteiger charge is 2.43. The molecular weight excluding hydrogens is 176 g/mol. The van der Waals surface area contributed by atoms with Crippen molar-refractivity contribution >= 4 is 6.41 Å². The average Bonchev–Trinajstić information content (AvgIpc) is 2.10. The molecule has 3 nitrogen and oxygen atoms in total. The zero-order valence-corrected chi connectivity index (χ0v) is 9.12. The van der Waals surface area contributed by atoms with E-state index >= 15 is 0 Å². The van der Waals surface area contributed by atoms with Crippen molar-refractivity contribution in [2.24, 2.45) is 0 Å². The second kappa shape index (κ2) is 3.54. The topological polar surface area (TPSA) is 32.3 Å². The van der Waals surface area contributed by atoms with Crippen molar-refractivity contribution < 1.29 is 4.79 Å². The van der Waals surface area contributed by atoms with Crippen LogP contribution in [0, 0.1) is 0 Å². The minimum Gasteiger partial charge on any atom is -0.356 e. The molecule has 2 aliphatic heterocycles. The largest absolute Gasteiger partial charge is 0.356 e. The first kappa shape index (κ1) is 9.97. The average molecular weight is 196 g/mol. The summed E-state index contributed by atoms with van der Waals surface area (Å²) in [4.78, 5) is 13.0. The Morgan fingerprint density at radius 2 is 2.36 bits per heavy atom. The first-order chi connectivity index (χ1) is 6.65. The molecule has 0 aromatic rings. The Kier molecular flexibility index (Phi) is 2.52. The third kappa shape index (κ3) is 1.54. The molecule has 0 radical (unpaired) electrons. The van der Waals surface area contributed by atoms with Crippen LogP contribution in [0.3, 0.4) is 0 Å². The zero-order valence-electron chi connectivity index (χ0n) is 9.12. The van der Waals surface area contributed by atoms with Crippen LogP contribution in [-0.2, 0) is 4.79 Å². The molecule has 3 unspecified atom stereocenters. The summed E-state index contributed by atoms with van der Waals surface area (Å²) < 4.78 is 0. The molecule has 80 valence electrons. The van der Waals surface area contributed by atoms with Crippen molar-refractivity contribution in [1.29, 1.82) is 0 Å². The van der Waals surface area contributed by atoms with E-state index in [0.29, 0.717) is 17.6 Å². The molecular formula is C11H20N2O. The number of nitrogens with zero attached hydrogens (tertiary/aromatic N) is 1. The van der Waals surface area contributed by atoms with Gasteiger partial charge in [0.2, 0.25) is 6.41 Å². The van der Waals surface area contributed by atoms with Gasteiger partial charge in [-0.05, 0) is 39.7 Å². The van der Waals surface area contributed by atoms with Crippen molar-refractivity contribution in [3.63, 3.8) is 0 Å². The maximum atomic E-state index is 10.5. The van der Waals surface area contributed by atoms with Crippen LogP contribution in [0.1, 0.15) is 39.0 Å². The summed E-state index contributed by atoms with van der Waals surface area (Å²) in [5, 5.41) is 2.95. The molecule has 2 bridgehead atoms. The normalized spacial score (nSPS) is 43.3. The van der Waals surface area contributed by atoms with E-state index in [-0.39, 0.29) is 0 Å². The molecule has 1 amide bonds. The van der Waals surface area contributed by atoms with E-state index < -0.39 is 0 Å². The van der Waals surface area contributed by atoms with Crippen LogP contribution >= 0.6 is 0 Å². The van der Waals surface area contributed by atoms with Gasteiger partial charge in [-0.15, -0.1) is 0 Å². The lowest BCUT2D eigenvalue weighted by Gasteiger charge is -2.54. The van der Waals surface area contributed by atoms with Gasteiger partial charge in [-0.25, -0.2) is 0 Å². The van der Waals surface area contributed by atoms with E-state index in [9.17, 15) is 4.79 Å². The Morgan fingerprint density at radius 1 is 1.57 bits per heavy atom. The quantitative estimate of drug-likeness (QED) is 0.672. The number of hydrogen-bond acceptors (Lipinski definition) is 2. The second-order valence-corrected chi connectivity index (χ2v) is 5.08. The van der Waals surface area contributed by atoms with Gasteiger partial charge in [0.05, 0.1) is 0 Å². The van der Waals surface area contributed by atoms with Crippen LogP contribution in [0.25, 0.3) is 0 Å². The van der Waals surface area contributed by atoms with Gasteiger partial charge < -0.3 is 5.32 Å². The van der Waals surface area contributed by atoms with Crippen molar-refractivity contribution in [2.45, 2.75) is 56.7 Å². The van der Waals surface area contributed by atoms with Crippen molar-refractivity contribution in [1.82, 2.24) is 10.2 Å². The Hall–Kier alpha value is -0.570. The van der Waals surface area contributed by atoms with Crippen molar-refractivity contribution in [3.8, 4) is 0 Å². The van der Waals surface area contributed by atoms with Gasteiger partial charge in [-0.1, -0.05) is 6.42 Å². The summed E-state index contributed by atoms with van der Waals surface area (Å²) in [6.45, 7) is 2.33.